The molecule has 0 N–H and O–H groups in total. The van der Waals surface area contributed by atoms with Gasteiger partial charge in [-0.2, -0.15) is 0 Å². The van der Waals surface area contributed by atoms with Crippen LogP contribution in [0.4, 0.5) is 5.69 Å². The number of amides is 2. The van der Waals surface area contributed by atoms with Crippen LogP contribution in [-0.4, -0.2) is 17.8 Å². The molecule has 1 heterocycles. The van der Waals surface area contributed by atoms with Crippen molar-refractivity contribution >= 4 is 23.5 Å². The van der Waals surface area contributed by atoms with E-state index in [-0.39, 0.29) is 23.7 Å². The Morgan fingerprint density at radius 2 is 1.55 bits per heavy atom. The summed E-state index contributed by atoms with van der Waals surface area (Å²) in [5.41, 5.74) is 2.80. The molecule has 29 heavy (non-hydrogen) atoms. The third-order valence-electron chi connectivity index (χ3n) is 6.67. The summed E-state index contributed by atoms with van der Waals surface area (Å²) < 4.78 is 5.52. The van der Waals surface area contributed by atoms with Crippen LogP contribution < -0.4 is 9.64 Å². The van der Waals surface area contributed by atoms with E-state index in [0.717, 1.165) is 30.4 Å². The number of benzene rings is 2. The molecule has 2 saturated carbocycles. The van der Waals surface area contributed by atoms with E-state index in [1.54, 1.807) is 36.4 Å². The number of hydrogen-bond donors (Lipinski definition) is 0. The fourth-order valence-corrected chi connectivity index (χ4v) is 5.59. The molecule has 2 aliphatic carbocycles. The van der Waals surface area contributed by atoms with Gasteiger partial charge in [-0.1, -0.05) is 12.1 Å². The fraction of sp³-hybridized carbons (Fsp3) is 0.375. The van der Waals surface area contributed by atoms with E-state index in [0.29, 0.717) is 28.8 Å². The molecule has 5 heteroatoms. The summed E-state index contributed by atoms with van der Waals surface area (Å²) in [6, 6.07) is 12.3. The van der Waals surface area contributed by atoms with Crippen LogP contribution in [0.5, 0.6) is 5.75 Å². The quantitative estimate of drug-likeness (QED) is 0.451. The van der Waals surface area contributed by atoms with Gasteiger partial charge < -0.3 is 4.74 Å². The molecule has 1 aliphatic heterocycles. The first-order valence-corrected chi connectivity index (χ1v) is 10.2. The Labute approximate surface area is 169 Å². The topological polar surface area (TPSA) is 63.7 Å². The lowest BCUT2D eigenvalue weighted by molar-refractivity contribution is -0.123. The first kappa shape index (κ1) is 18.1. The van der Waals surface area contributed by atoms with Crippen molar-refractivity contribution in [1.82, 2.24) is 0 Å². The molecule has 148 valence electrons. The Morgan fingerprint density at radius 3 is 2.17 bits per heavy atom. The molecule has 5 rings (SSSR count). The van der Waals surface area contributed by atoms with Gasteiger partial charge in [-0.15, -0.1) is 0 Å². The van der Waals surface area contributed by atoms with Crippen molar-refractivity contribution in [1.29, 1.82) is 0 Å². The van der Waals surface area contributed by atoms with Crippen molar-refractivity contribution in [2.24, 2.45) is 23.7 Å². The molecule has 2 aromatic carbocycles. The average molecular weight is 389 g/mol. The zero-order chi connectivity index (χ0) is 20.3. The van der Waals surface area contributed by atoms with Crippen molar-refractivity contribution in [2.75, 3.05) is 4.90 Å². The third kappa shape index (κ3) is 2.87. The van der Waals surface area contributed by atoms with Crippen molar-refractivity contribution in [3.05, 3.63) is 59.2 Å². The predicted octanol–water partition coefficient (Wildman–Crippen LogP) is 4.06. The van der Waals surface area contributed by atoms with Crippen LogP contribution in [0.1, 0.15) is 40.7 Å². The van der Waals surface area contributed by atoms with Gasteiger partial charge >= 0.3 is 5.97 Å². The van der Waals surface area contributed by atoms with Gasteiger partial charge in [0.2, 0.25) is 11.8 Å². The van der Waals surface area contributed by atoms with Gasteiger partial charge in [0, 0.05) is 0 Å². The van der Waals surface area contributed by atoms with Crippen LogP contribution in [-0.2, 0) is 9.59 Å². The SMILES string of the molecule is Cc1cc(C)cc(OC(=O)c2cccc(N3C(=O)[C@@H]4[C@H]5CC[C@@H](C5)[C@@H]4C3=O)c2)c1. The molecule has 2 bridgehead atoms. The standard InChI is InChI=1S/C24H23NO4/c1-13-8-14(2)10-19(9-13)29-24(28)17-4-3-5-18(12-17)25-22(26)20-15-6-7-16(11-15)21(20)23(25)27/h3-5,8-10,12,15-16,20-21H,6-7,11H2,1-2H3/t15-,16-,20-,21+/m0/s1. The van der Waals surface area contributed by atoms with Gasteiger partial charge in [0.1, 0.15) is 5.75 Å². The van der Waals surface area contributed by atoms with E-state index in [9.17, 15) is 14.4 Å². The molecule has 2 aromatic rings. The van der Waals surface area contributed by atoms with Crippen LogP contribution in [0.25, 0.3) is 0 Å². The van der Waals surface area contributed by atoms with Gasteiger partial charge in [-0.25, -0.2) is 4.79 Å². The highest BCUT2D eigenvalue weighted by Gasteiger charge is 2.61. The van der Waals surface area contributed by atoms with E-state index in [2.05, 4.69) is 0 Å². The van der Waals surface area contributed by atoms with Crippen molar-refractivity contribution in [3.8, 4) is 5.75 Å². The summed E-state index contributed by atoms with van der Waals surface area (Å²) in [6.45, 7) is 3.89. The summed E-state index contributed by atoms with van der Waals surface area (Å²) >= 11 is 0. The first-order chi connectivity index (χ1) is 13.9. The monoisotopic (exact) mass is 389 g/mol. The Morgan fingerprint density at radius 1 is 0.931 bits per heavy atom. The zero-order valence-electron chi connectivity index (χ0n) is 16.6. The number of anilines is 1. The summed E-state index contributed by atoms with van der Waals surface area (Å²) in [7, 11) is 0. The molecule has 2 amide bonds. The first-order valence-electron chi connectivity index (χ1n) is 10.2. The van der Waals surface area contributed by atoms with Crippen LogP contribution >= 0.6 is 0 Å². The molecule has 1 saturated heterocycles. The maximum atomic E-state index is 13.0. The van der Waals surface area contributed by atoms with Gasteiger partial charge in [0.25, 0.3) is 0 Å². The highest BCUT2D eigenvalue weighted by atomic mass is 16.5. The molecule has 0 aromatic heterocycles. The Balaban J connectivity index is 1.41. The van der Waals surface area contributed by atoms with E-state index < -0.39 is 5.97 Å². The minimum absolute atomic E-state index is 0.105. The lowest BCUT2D eigenvalue weighted by Gasteiger charge is -2.19. The number of nitrogens with zero attached hydrogens (tertiary/aromatic N) is 1. The number of esters is 1. The number of fused-ring (bicyclic) bond motifs is 5. The second-order valence-electron chi connectivity index (χ2n) is 8.66. The summed E-state index contributed by atoms with van der Waals surface area (Å²) in [4.78, 5) is 40.0. The van der Waals surface area contributed by atoms with E-state index in [1.807, 2.05) is 19.9 Å². The maximum absolute atomic E-state index is 13.0. The van der Waals surface area contributed by atoms with Gasteiger partial charge in [0.15, 0.2) is 0 Å². The number of imide groups is 1. The number of carbonyl (C=O) groups is 3. The van der Waals surface area contributed by atoms with Crippen LogP contribution in [0.2, 0.25) is 0 Å². The van der Waals surface area contributed by atoms with E-state index in [1.165, 1.54) is 4.90 Å². The summed E-state index contributed by atoms with van der Waals surface area (Å²) in [5.74, 6) is 0.0974. The zero-order valence-corrected chi connectivity index (χ0v) is 16.6. The second-order valence-corrected chi connectivity index (χ2v) is 8.66. The van der Waals surface area contributed by atoms with Crippen LogP contribution in [0, 0.1) is 37.5 Å². The van der Waals surface area contributed by atoms with E-state index >= 15 is 0 Å². The predicted molar refractivity (Wildman–Crippen MR) is 108 cm³/mol. The number of rotatable bonds is 3. The lowest BCUT2D eigenvalue weighted by Crippen LogP contribution is -2.32. The molecule has 0 radical (unpaired) electrons. The lowest BCUT2D eigenvalue weighted by atomic mass is 9.81. The molecule has 5 nitrogen and oxygen atoms in total. The van der Waals surface area contributed by atoms with Crippen LogP contribution in [0.3, 0.4) is 0 Å². The van der Waals surface area contributed by atoms with Gasteiger partial charge in [0.05, 0.1) is 23.1 Å². The second kappa shape index (κ2) is 6.55. The minimum Gasteiger partial charge on any atom is -0.423 e. The highest BCUT2D eigenvalue weighted by Crippen LogP contribution is 2.56. The molecule has 3 aliphatic rings. The maximum Gasteiger partial charge on any atom is 0.343 e. The molecule has 4 atom stereocenters. The normalized spacial score (nSPS) is 27.4. The average Bonchev–Trinajstić information content (AvgIpc) is 3.35. The number of carbonyl (C=O) groups excluding carboxylic acids is 3. The number of aryl methyl sites for hydroxylation is 2. The smallest absolute Gasteiger partial charge is 0.343 e. The van der Waals surface area contributed by atoms with Crippen LogP contribution in [0.15, 0.2) is 42.5 Å². The molecule has 0 spiro atoms. The molecular weight excluding hydrogens is 366 g/mol. The number of hydrogen-bond acceptors (Lipinski definition) is 4. The van der Waals surface area contributed by atoms with Gasteiger partial charge in [-0.3, -0.25) is 14.5 Å². The molecule has 0 unspecified atom stereocenters. The largest absolute Gasteiger partial charge is 0.423 e. The molecule has 3 fully saturated rings. The molecular formula is C24H23NO4. The third-order valence-corrected chi connectivity index (χ3v) is 6.67. The number of ether oxygens (including phenoxy) is 1. The summed E-state index contributed by atoms with van der Waals surface area (Å²) in [6.07, 6.45) is 3.09. The minimum atomic E-state index is -0.504. The van der Waals surface area contributed by atoms with Crippen molar-refractivity contribution < 1.29 is 19.1 Å². The van der Waals surface area contributed by atoms with Gasteiger partial charge in [-0.05, 0) is 86.4 Å². The van der Waals surface area contributed by atoms with E-state index in [4.69, 9.17) is 4.74 Å². The Kier molecular flexibility index (Phi) is 4.09. The Bertz CT molecular complexity index is 995. The Hall–Kier alpha value is -2.95. The highest BCUT2D eigenvalue weighted by molar-refractivity contribution is 6.22. The summed E-state index contributed by atoms with van der Waals surface area (Å²) in [5, 5.41) is 0. The van der Waals surface area contributed by atoms with Crippen molar-refractivity contribution in [2.45, 2.75) is 33.1 Å². The fourth-order valence-electron chi connectivity index (χ4n) is 5.59. The van der Waals surface area contributed by atoms with Crippen molar-refractivity contribution in [3.63, 3.8) is 0 Å².